The number of thiophene rings is 1. The van der Waals surface area contributed by atoms with Gasteiger partial charge in [0.05, 0.1) is 5.69 Å². The summed E-state index contributed by atoms with van der Waals surface area (Å²) in [6.07, 6.45) is 0. The fourth-order valence-corrected chi connectivity index (χ4v) is 4.86. The van der Waals surface area contributed by atoms with E-state index in [1.165, 1.54) is 0 Å². The highest BCUT2D eigenvalue weighted by atomic mass is 127. The lowest BCUT2D eigenvalue weighted by Crippen LogP contribution is -2.12. The molecule has 3 N–H and O–H groups in total. The van der Waals surface area contributed by atoms with Gasteiger partial charge in [-0.15, -0.1) is 11.3 Å². The van der Waals surface area contributed by atoms with Crippen LogP contribution in [0.1, 0.15) is 5.56 Å². The van der Waals surface area contributed by atoms with Gasteiger partial charge in [-0.25, -0.2) is 8.42 Å². The minimum absolute atomic E-state index is 0.249. The van der Waals surface area contributed by atoms with Crippen LogP contribution < -0.4 is 10.5 Å². The van der Waals surface area contributed by atoms with Crippen LogP contribution in [0.5, 0.6) is 0 Å². The van der Waals surface area contributed by atoms with Gasteiger partial charge in [-0.05, 0) is 57.8 Å². The number of nitrogens with one attached hydrogen (secondary N) is 1. The van der Waals surface area contributed by atoms with Crippen molar-refractivity contribution in [3.05, 3.63) is 43.8 Å². The van der Waals surface area contributed by atoms with E-state index in [1.807, 2.05) is 22.6 Å². The Balaban J connectivity index is 2.30. The number of hydrogen-bond acceptors (Lipinski definition) is 4. The van der Waals surface area contributed by atoms with E-state index in [0.717, 1.165) is 20.5 Å². The standard InChI is InChI=1S/C11H10ClIN2O2S2/c12-8-1-2-10(9(13)4-8)15-19(16,17)11-3-7(5-14)6-18-11/h1-4,6,15H,5,14H2. The first-order chi connectivity index (χ1) is 8.92. The van der Waals surface area contributed by atoms with E-state index in [2.05, 4.69) is 4.72 Å². The molecule has 0 aliphatic heterocycles. The Morgan fingerprint density at radius 1 is 1.37 bits per heavy atom. The highest BCUT2D eigenvalue weighted by molar-refractivity contribution is 14.1. The third kappa shape index (κ3) is 3.60. The van der Waals surface area contributed by atoms with Crippen molar-refractivity contribution < 1.29 is 8.42 Å². The summed E-state index contributed by atoms with van der Waals surface area (Å²) in [4.78, 5) is 0. The van der Waals surface area contributed by atoms with Gasteiger partial charge in [-0.2, -0.15) is 0 Å². The lowest BCUT2D eigenvalue weighted by atomic mass is 10.3. The minimum atomic E-state index is -3.57. The molecule has 0 fully saturated rings. The molecule has 102 valence electrons. The van der Waals surface area contributed by atoms with Gasteiger partial charge in [0.1, 0.15) is 4.21 Å². The van der Waals surface area contributed by atoms with Gasteiger partial charge in [0.25, 0.3) is 10.0 Å². The van der Waals surface area contributed by atoms with Crippen LogP contribution in [0, 0.1) is 3.57 Å². The van der Waals surface area contributed by atoms with Gasteiger partial charge >= 0.3 is 0 Å². The predicted octanol–water partition coefficient (Wildman–Crippen LogP) is 3.27. The highest BCUT2D eigenvalue weighted by Crippen LogP contribution is 2.27. The zero-order valence-corrected chi connectivity index (χ0v) is 14.1. The van der Waals surface area contributed by atoms with Crippen LogP contribution in [0.2, 0.25) is 5.02 Å². The summed E-state index contributed by atoms with van der Waals surface area (Å²) in [6.45, 7) is 0.324. The van der Waals surface area contributed by atoms with Crippen LogP contribution >= 0.6 is 45.5 Å². The van der Waals surface area contributed by atoms with Crippen LogP contribution in [0.15, 0.2) is 33.9 Å². The molecule has 0 unspecified atom stereocenters. The van der Waals surface area contributed by atoms with Crippen molar-refractivity contribution in [3.63, 3.8) is 0 Å². The normalized spacial score (nSPS) is 11.5. The van der Waals surface area contributed by atoms with Gasteiger partial charge in [0.15, 0.2) is 0 Å². The molecule has 4 nitrogen and oxygen atoms in total. The SMILES string of the molecule is NCc1csc(S(=O)(=O)Nc2ccc(Cl)cc2I)c1. The van der Waals surface area contributed by atoms with Crippen molar-refractivity contribution in [1.82, 2.24) is 0 Å². The summed E-state index contributed by atoms with van der Waals surface area (Å²) in [7, 11) is -3.57. The van der Waals surface area contributed by atoms with E-state index in [9.17, 15) is 8.42 Å². The number of nitrogens with two attached hydrogens (primary N) is 1. The molecule has 0 bridgehead atoms. The Kier molecular flexibility index (Phi) is 4.72. The van der Waals surface area contributed by atoms with Gasteiger partial charge in [0.2, 0.25) is 0 Å². The van der Waals surface area contributed by atoms with Crippen molar-refractivity contribution >= 4 is 61.2 Å². The molecule has 0 radical (unpaired) electrons. The lowest BCUT2D eigenvalue weighted by Gasteiger charge is -2.08. The molecule has 1 aromatic carbocycles. The Hall–Kier alpha value is -0.350. The fraction of sp³-hybridized carbons (Fsp3) is 0.0909. The highest BCUT2D eigenvalue weighted by Gasteiger charge is 2.17. The molecule has 0 atom stereocenters. The molecule has 19 heavy (non-hydrogen) atoms. The summed E-state index contributed by atoms with van der Waals surface area (Å²) in [6, 6.07) is 6.55. The lowest BCUT2D eigenvalue weighted by molar-refractivity contribution is 0.603. The van der Waals surface area contributed by atoms with Crippen LogP contribution in [0.25, 0.3) is 0 Å². The van der Waals surface area contributed by atoms with Crippen molar-refractivity contribution in [1.29, 1.82) is 0 Å². The molecule has 0 saturated heterocycles. The van der Waals surface area contributed by atoms with E-state index in [4.69, 9.17) is 17.3 Å². The first-order valence-corrected chi connectivity index (χ1v) is 8.99. The first-order valence-electron chi connectivity index (χ1n) is 5.18. The van der Waals surface area contributed by atoms with Crippen LogP contribution in [0.3, 0.4) is 0 Å². The fourth-order valence-electron chi connectivity index (χ4n) is 1.37. The Morgan fingerprint density at radius 2 is 2.11 bits per heavy atom. The van der Waals surface area contributed by atoms with Gasteiger partial charge in [-0.1, -0.05) is 11.6 Å². The second-order valence-corrected chi connectivity index (χ2v) is 8.13. The number of hydrogen-bond donors (Lipinski definition) is 2. The molecule has 1 heterocycles. The van der Waals surface area contributed by atoms with E-state index in [1.54, 1.807) is 29.6 Å². The summed E-state index contributed by atoms with van der Waals surface area (Å²) in [5, 5.41) is 2.30. The Morgan fingerprint density at radius 3 is 2.68 bits per heavy atom. The average Bonchev–Trinajstić information content (AvgIpc) is 2.82. The van der Waals surface area contributed by atoms with Gasteiger partial charge in [-0.3, -0.25) is 4.72 Å². The predicted molar refractivity (Wildman–Crippen MR) is 87.2 cm³/mol. The maximum atomic E-state index is 12.2. The smallest absolute Gasteiger partial charge is 0.271 e. The van der Waals surface area contributed by atoms with E-state index < -0.39 is 10.0 Å². The third-order valence-electron chi connectivity index (χ3n) is 2.31. The molecule has 0 amide bonds. The van der Waals surface area contributed by atoms with Crippen LogP contribution in [-0.2, 0) is 16.6 Å². The summed E-state index contributed by atoms with van der Waals surface area (Å²) < 4.78 is 27.9. The number of anilines is 1. The summed E-state index contributed by atoms with van der Waals surface area (Å²) in [5.41, 5.74) is 6.78. The van der Waals surface area contributed by atoms with E-state index >= 15 is 0 Å². The van der Waals surface area contributed by atoms with Crippen LogP contribution in [0.4, 0.5) is 5.69 Å². The molecule has 2 aromatic rings. The first kappa shape index (κ1) is 15.0. The monoisotopic (exact) mass is 428 g/mol. The Labute approximate surface area is 134 Å². The second-order valence-electron chi connectivity index (χ2n) is 3.71. The largest absolute Gasteiger partial charge is 0.326 e. The van der Waals surface area contributed by atoms with Crippen molar-refractivity contribution in [3.8, 4) is 0 Å². The molecule has 0 aliphatic rings. The van der Waals surface area contributed by atoms with Gasteiger partial charge < -0.3 is 5.73 Å². The second kappa shape index (κ2) is 5.96. The number of rotatable bonds is 4. The molecular weight excluding hydrogens is 419 g/mol. The molecule has 0 spiro atoms. The van der Waals surface area contributed by atoms with Crippen molar-refractivity contribution in [2.75, 3.05) is 4.72 Å². The molecule has 0 saturated carbocycles. The summed E-state index contributed by atoms with van der Waals surface area (Å²) >= 11 is 9.01. The topological polar surface area (TPSA) is 72.2 Å². The minimum Gasteiger partial charge on any atom is -0.326 e. The molecule has 8 heteroatoms. The number of halogens is 2. The maximum absolute atomic E-state index is 12.2. The number of benzene rings is 1. The zero-order chi connectivity index (χ0) is 14.0. The maximum Gasteiger partial charge on any atom is 0.271 e. The quantitative estimate of drug-likeness (QED) is 0.734. The average molecular weight is 429 g/mol. The van der Waals surface area contributed by atoms with E-state index in [-0.39, 0.29) is 4.21 Å². The van der Waals surface area contributed by atoms with E-state index in [0.29, 0.717) is 17.3 Å². The zero-order valence-electron chi connectivity index (χ0n) is 9.56. The van der Waals surface area contributed by atoms with Gasteiger partial charge in [0, 0.05) is 15.1 Å². The number of sulfonamides is 1. The molecule has 1 aromatic heterocycles. The Bertz CT molecular complexity index is 700. The summed E-state index contributed by atoms with van der Waals surface area (Å²) in [5.74, 6) is 0. The molecular formula is C11H10ClIN2O2S2. The molecule has 2 rings (SSSR count). The molecule has 0 aliphatic carbocycles. The van der Waals surface area contributed by atoms with Crippen molar-refractivity contribution in [2.45, 2.75) is 10.8 Å². The van der Waals surface area contributed by atoms with Crippen LogP contribution in [-0.4, -0.2) is 8.42 Å². The third-order valence-corrected chi connectivity index (χ3v) is 6.29. The van der Waals surface area contributed by atoms with Crippen molar-refractivity contribution in [2.24, 2.45) is 5.73 Å².